The van der Waals surface area contributed by atoms with Crippen molar-refractivity contribution in [2.24, 2.45) is 0 Å². The number of benzene rings is 9. The molecule has 4 nitrogen and oxygen atoms in total. The van der Waals surface area contributed by atoms with E-state index in [4.69, 9.17) is 15.0 Å². The third-order valence-corrected chi connectivity index (χ3v) is 10.6. The van der Waals surface area contributed by atoms with Gasteiger partial charge in [0, 0.05) is 22.3 Å². The lowest BCUT2D eigenvalue weighted by Gasteiger charge is -2.16. The van der Waals surface area contributed by atoms with Gasteiger partial charge < -0.3 is 5.11 Å². The van der Waals surface area contributed by atoms with Crippen molar-refractivity contribution >= 4 is 21.5 Å². The predicted molar refractivity (Wildman–Crippen MR) is 235 cm³/mol. The Balaban J connectivity index is 1.13. The molecular weight excluding hydrogens is 695 g/mol. The van der Waals surface area contributed by atoms with Crippen LogP contribution in [0, 0.1) is 0 Å². The van der Waals surface area contributed by atoms with Crippen molar-refractivity contribution in [1.82, 2.24) is 15.0 Å². The largest absolute Gasteiger partial charge is 0.507 e. The SMILES string of the molecule is Oc1cccc(-c2nc(-c3ccccc3)nc(-c3ccc4ccc5ccccc5c4c3)n2)c1-c1cccc(-c2ccc(-c3ccccc3)cc2-c2ccccc2)c1. The summed E-state index contributed by atoms with van der Waals surface area (Å²) in [5.41, 5.74) is 10.7. The molecule has 4 heteroatoms. The molecule has 0 bridgehead atoms. The molecule has 1 aromatic heterocycles. The van der Waals surface area contributed by atoms with E-state index in [9.17, 15) is 5.11 Å². The van der Waals surface area contributed by atoms with Crippen molar-refractivity contribution in [2.75, 3.05) is 0 Å². The molecule has 0 aliphatic carbocycles. The fourth-order valence-corrected chi connectivity index (χ4v) is 7.82. The molecule has 0 amide bonds. The van der Waals surface area contributed by atoms with Gasteiger partial charge in [0.1, 0.15) is 5.75 Å². The maximum atomic E-state index is 11.7. The minimum Gasteiger partial charge on any atom is -0.507 e. The van der Waals surface area contributed by atoms with E-state index < -0.39 is 0 Å². The smallest absolute Gasteiger partial charge is 0.164 e. The van der Waals surface area contributed by atoms with Gasteiger partial charge in [0.05, 0.1) is 0 Å². The summed E-state index contributed by atoms with van der Waals surface area (Å²) in [7, 11) is 0. The first kappa shape index (κ1) is 33.8. The summed E-state index contributed by atoms with van der Waals surface area (Å²) < 4.78 is 0. The molecule has 1 heterocycles. The monoisotopic (exact) mass is 729 g/mol. The number of nitrogens with zero attached hydrogens (tertiary/aromatic N) is 3. The van der Waals surface area contributed by atoms with E-state index in [2.05, 4.69) is 140 Å². The van der Waals surface area contributed by atoms with Crippen LogP contribution in [0.15, 0.2) is 206 Å². The fourth-order valence-electron chi connectivity index (χ4n) is 7.82. The van der Waals surface area contributed by atoms with Crippen LogP contribution >= 0.6 is 0 Å². The first-order valence-corrected chi connectivity index (χ1v) is 19.1. The lowest BCUT2D eigenvalue weighted by molar-refractivity contribution is 0.477. The minimum absolute atomic E-state index is 0.146. The predicted octanol–water partition coefficient (Wildman–Crippen LogP) is 13.6. The number of hydrogen-bond acceptors (Lipinski definition) is 4. The van der Waals surface area contributed by atoms with Gasteiger partial charge in [-0.05, 0) is 84.8 Å². The van der Waals surface area contributed by atoms with E-state index in [1.807, 2.05) is 60.7 Å². The highest BCUT2D eigenvalue weighted by Crippen LogP contribution is 2.42. The Morgan fingerprint density at radius 1 is 0.281 bits per heavy atom. The second kappa shape index (κ2) is 14.5. The summed E-state index contributed by atoms with van der Waals surface area (Å²) in [5.74, 6) is 1.74. The fraction of sp³-hybridized carbons (Fsp3) is 0. The Bertz CT molecular complexity index is 3070. The van der Waals surface area contributed by atoms with Gasteiger partial charge in [-0.1, -0.05) is 182 Å². The van der Waals surface area contributed by atoms with Crippen molar-refractivity contribution in [3.63, 3.8) is 0 Å². The van der Waals surface area contributed by atoms with Gasteiger partial charge in [-0.15, -0.1) is 0 Å². The second-order valence-electron chi connectivity index (χ2n) is 14.2. The molecule has 10 aromatic rings. The standard InChI is InChI=1S/C53H35N3O/c57-49-25-13-24-46(50(49)42-22-12-21-41(32-42)45-31-30-40(35-14-4-1-5-15-35)33-47(45)36-16-6-2-7-17-36)53-55-51(39-19-8-3-9-20-39)54-52(56-53)43-29-28-38-27-26-37-18-10-11-23-44(37)48(38)34-43/h1-34,57H. The van der Waals surface area contributed by atoms with Crippen LogP contribution in [0.2, 0.25) is 0 Å². The van der Waals surface area contributed by atoms with Crippen LogP contribution in [0.3, 0.4) is 0 Å². The summed E-state index contributed by atoms with van der Waals surface area (Å²) in [6.45, 7) is 0. The van der Waals surface area contributed by atoms with E-state index in [1.165, 1.54) is 10.8 Å². The molecule has 0 fully saturated rings. The third-order valence-electron chi connectivity index (χ3n) is 10.6. The van der Waals surface area contributed by atoms with Gasteiger partial charge >= 0.3 is 0 Å². The zero-order valence-corrected chi connectivity index (χ0v) is 30.9. The van der Waals surface area contributed by atoms with Gasteiger partial charge in [-0.2, -0.15) is 0 Å². The summed E-state index contributed by atoms with van der Waals surface area (Å²) in [5, 5.41) is 16.3. The molecule has 0 unspecified atom stereocenters. The molecule has 57 heavy (non-hydrogen) atoms. The highest BCUT2D eigenvalue weighted by Gasteiger charge is 2.20. The average molecular weight is 730 g/mol. The molecule has 10 rings (SSSR count). The van der Waals surface area contributed by atoms with Crippen molar-refractivity contribution in [1.29, 1.82) is 0 Å². The molecule has 9 aromatic carbocycles. The summed E-state index contributed by atoms with van der Waals surface area (Å²) >= 11 is 0. The van der Waals surface area contributed by atoms with Crippen LogP contribution in [0.4, 0.5) is 0 Å². The van der Waals surface area contributed by atoms with Gasteiger partial charge in [0.2, 0.25) is 0 Å². The van der Waals surface area contributed by atoms with Crippen LogP contribution in [-0.2, 0) is 0 Å². The highest BCUT2D eigenvalue weighted by atomic mass is 16.3. The topological polar surface area (TPSA) is 58.9 Å². The first-order chi connectivity index (χ1) is 28.2. The summed E-state index contributed by atoms with van der Waals surface area (Å²) in [4.78, 5) is 15.3. The Morgan fingerprint density at radius 2 is 0.842 bits per heavy atom. The number of aromatic hydroxyl groups is 1. The van der Waals surface area contributed by atoms with Crippen LogP contribution in [0.5, 0.6) is 5.75 Å². The van der Waals surface area contributed by atoms with Gasteiger partial charge in [0.25, 0.3) is 0 Å². The van der Waals surface area contributed by atoms with Crippen molar-refractivity contribution in [2.45, 2.75) is 0 Å². The zero-order chi connectivity index (χ0) is 38.1. The summed E-state index contributed by atoms with van der Waals surface area (Å²) in [6, 6.07) is 70.6. The highest BCUT2D eigenvalue weighted by molar-refractivity contribution is 6.08. The number of fused-ring (bicyclic) bond motifs is 3. The Labute approximate surface area is 331 Å². The lowest BCUT2D eigenvalue weighted by Crippen LogP contribution is -2.01. The first-order valence-electron chi connectivity index (χ1n) is 19.1. The number of hydrogen-bond donors (Lipinski definition) is 1. The molecule has 0 atom stereocenters. The van der Waals surface area contributed by atoms with E-state index in [0.29, 0.717) is 28.6 Å². The summed E-state index contributed by atoms with van der Waals surface area (Å²) in [6.07, 6.45) is 0. The van der Waals surface area contributed by atoms with Gasteiger partial charge in [-0.25, -0.2) is 15.0 Å². The Morgan fingerprint density at radius 3 is 1.61 bits per heavy atom. The normalized spacial score (nSPS) is 11.2. The van der Waals surface area contributed by atoms with Crippen molar-refractivity contribution < 1.29 is 5.11 Å². The molecule has 0 aliphatic heterocycles. The molecule has 0 spiro atoms. The number of aromatic nitrogens is 3. The molecular formula is C53H35N3O. The number of phenols is 1. The van der Waals surface area contributed by atoms with Crippen molar-refractivity contribution in [3.8, 4) is 84.4 Å². The molecule has 0 saturated carbocycles. The second-order valence-corrected chi connectivity index (χ2v) is 14.2. The van der Waals surface area contributed by atoms with Gasteiger partial charge in [-0.3, -0.25) is 0 Å². The maximum Gasteiger partial charge on any atom is 0.164 e. The third kappa shape index (κ3) is 6.49. The van der Waals surface area contributed by atoms with E-state index in [0.717, 1.165) is 60.8 Å². The quantitative estimate of drug-likeness (QED) is 0.166. The van der Waals surface area contributed by atoms with E-state index in [1.54, 1.807) is 6.07 Å². The Hall–Kier alpha value is -7.69. The van der Waals surface area contributed by atoms with Crippen LogP contribution in [0.1, 0.15) is 0 Å². The maximum absolute atomic E-state index is 11.7. The molecule has 1 N–H and O–H groups in total. The average Bonchev–Trinajstić information content (AvgIpc) is 3.29. The number of phenolic OH excluding ortho intramolecular Hbond substituents is 1. The number of rotatable bonds is 7. The van der Waals surface area contributed by atoms with Crippen LogP contribution < -0.4 is 0 Å². The van der Waals surface area contributed by atoms with Crippen LogP contribution in [-0.4, -0.2) is 20.1 Å². The lowest BCUT2D eigenvalue weighted by atomic mass is 9.89. The van der Waals surface area contributed by atoms with Crippen LogP contribution in [0.25, 0.3) is 100 Å². The molecule has 0 radical (unpaired) electrons. The molecule has 0 saturated heterocycles. The van der Waals surface area contributed by atoms with E-state index in [-0.39, 0.29) is 5.75 Å². The molecule has 268 valence electrons. The zero-order valence-electron chi connectivity index (χ0n) is 30.9. The van der Waals surface area contributed by atoms with E-state index >= 15 is 0 Å². The molecule has 0 aliphatic rings. The van der Waals surface area contributed by atoms with Gasteiger partial charge in [0.15, 0.2) is 17.5 Å². The van der Waals surface area contributed by atoms with Crippen molar-refractivity contribution in [3.05, 3.63) is 206 Å². The minimum atomic E-state index is 0.146. The Kier molecular flexibility index (Phi) is 8.62.